The van der Waals surface area contributed by atoms with Crippen LogP contribution in [0.3, 0.4) is 0 Å². The van der Waals surface area contributed by atoms with E-state index in [-0.39, 0.29) is 5.56 Å². The van der Waals surface area contributed by atoms with Gasteiger partial charge < -0.3 is 9.47 Å². The first-order valence-corrected chi connectivity index (χ1v) is 4.04. The monoisotopic (exact) mass is 207 g/mol. The highest BCUT2D eigenvalue weighted by molar-refractivity contribution is 5.97. The molecule has 1 aromatic carbocycles. The molecule has 0 heterocycles. The minimum Gasteiger partial charge on any atom is -0.497 e. The number of azide groups is 1. The van der Waals surface area contributed by atoms with Gasteiger partial charge in [0.25, 0.3) is 5.91 Å². The summed E-state index contributed by atoms with van der Waals surface area (Å²) in [5, 5.41) is 2.98. The van der Waals surface area contributed by atoms with Gasteiger partial charge in [0.1, 0.15) is 11.5 Å². The van der Waals surface area contributed by atoms with Crippen LogP contribution in [0.4, 0.5) is 0 Å². The third-order valence-electron chi connectivity index (χ3n) is 1.77. The summed E-state index contributed by atoms with van der Waals surface area (Å²) in [6.45, 7) is 0. The quantitative estimate of drug-likeness (QED) is 0.432. The lowest BCUT2D eigenvalue weighted by Gasteiger charge is -2.06. The molecular formula is C9H9N3O3. The number of benzene rings is 1. The van der Waals surface area contributed by atoms with Crippen LogP contribution >= 0.6 is 0 Å². The summed E-state index contributed by atoms with van der Waals surface area (Å²) in [7, 11) is 2.90. The van der Waals surface area contributed by atoms with Crippen molar-refractivity contribution >= 4 is 5.91 Å². The summed E-state index contributed by atoms with van der Waals surface area (Å²) < 4.78 is 9.89. The van der Waals surface area contributed by atoms with E-state index < -0.39 is 5.91 Å². The molecule has 0 saturated carbocycles. The summed E-state index contributed by atoms with van der Waals surface area (Å²) >= 11 is 0. The van der Waals surface area contributed by atoms with E-state index in [2.05, 4.69) is 10.0 Å². The summed E-state index contributed by atoms with van der Waals surface area (Å²) in [6.07, 6.45) is 0. The molecule has 0 N–H and O–H groups in total. The van der Waals surface area contributed by atoms with Gasteiger partial charge in [0.05, 0.1) is 19.8 Å². The zero-order chi connectivity index (χ0) is 11.3. The highest BCUT2D eigenvalue weighted by Gasteiger charge is 2.11. The number of hydrogen-bond donors (Lipinski definition) is 0. The Morgan fingerprint density at radius 3 is 2.67 bits per heavy atom. The number of methoxy groups -OCH3 is 2. The number of carbonyl (C=O) groups is 1. The molecule has 0 atom stereocenters. The van der Waals surface area contributed by atoms with Crippen LogP contribution in [0, 0.1) is 0 Å². The van der Waals surface area contributed by atoms with E-state index in [9.17, 15) is 4.79 Å². The van der Waals surface area contributed by atoms with Crippen molar-refractivity contribution in [2.24, 2.45) is 5.11 Å². The standard InChI is InChI=1S/C9H9N3O3/c1-14-6-3-4-8(15-2)7(5-6)9(13)11-12-10/h3-5H,1-2H3. The van der Waals surface area contributed by atoms with Crippen molar-refractivity contribution in [3.63, 3.8) is 0 Å². The Hall–Kier alpha value is -2.20. The fraction of sp³-hybridized carbons (Fsp3) is 0.222. The predicted molar refractivity (Wildman–Crippen MR) is 53.0 cm³/mol. The number of ether oxygens (including phenoxy) is 2. The maximum absolute atomic E-state index is 11.3. The average molecular weight is 207 g/mol. The minimum absolute atomic E-state index is 0.176. The van der Waals surface area contributed by atoms with E-state index in [0.29, 0.717) is 11.5 Å². The van der Waals surface area contributed by atoms with E-state index in [1.807, 2.05) is 0 Å². The molecule has 0 fully saturated rings. The van der Waals surface area contributed by atoms with Gasteiger partial charge in [-0.2, -0.15) is 0 Å². The van der Waals surface area contributed by atoms with Crippen LogP contribution in [-0.4, -0.2) is 20.1 Å². The molecule has 0 aliphatic heterocycles. The Labute approximate surface area is 86.0 Å². The predicted octanol–water partition coefficient (Wildman–Crippen LogP) is 2.15. The normalized spacial score (nSPS) is 8.93. The van der Waals surface area contributed by atoms with Crippen molar-refractivity contribution in [3.05, 3.63) is 34.2 Å². The van der Waals surface area contributed by atoms with Crippen molar-refractivity contribution in [1.82, 2.24) is 0 Å². The molecule has 0 saturated heterocycles. The van der Waals surface area contributed by atoms with E-state index in [0.717, 1.165) is 0 Å². The maximum atomic E-state index is 11.3. The molecule has 6 nitrogen and oxygen atoms in total. The molecule has 0 aliphatic carbocycles. The molecule has 1 amide bonds. The van der Waals surface area contributed by atoms with Gasteiger partial charge in [0.15, 0.2) is 0 Å². The third-order valence-corrected chi connectivity index (χ3v) is 1.77. The van der Waals surface area contributed by atoms with Crippen molar-refractivity contribution in [1.29, 1.82) is 0 Å². The van der Waals surface area contributed by atoms with Crippen molar-refractivity contribution < 1.29 is 14.3 Å². The Morgan fingerprint density at radius 1 is 1.40 bits per heavy atom. The number of hydrogen-bond acceptors (Lipinski definition) is 3. The van der Waals surface area contributed by atoms with Gasteiger partial charge in [-0.15, -0.1) is 0 Å². The Bertz CT molecular complexity index is 425. The average Bonchev–Trinajstić information content (AvgIpc) is 2.28. The van der Waals surface area contributed by atoms with Crippen LogP contribution in [0.15, 0.2) is 23.3 Å². The zero-order valence-corrected chi connectivity index (χ0v) is 8.30. The minimum atomic E-state index is -0.701. The second-order valence-electron chi connectivity index (χ2n) is 2.56. The van der Waals surface area contributed by atoms with E-state index >= 15 is 0 Å². The lowest BCUT2D eigenvalue weighted by atomic mass is 10.2. The molecule has 0 spiro atoms. The van der Waals surface area contributed by atoms with Gasteiger partial charge in [-0.1, -0.05) is 0 Å². The smallest absolute Gasteiger partial charge is 0.253 e. The van der Waals surface area contributed by atoms with Crippen molar-refractivity contribution in [3.8, 4) is 11.5 Å². The highest BCUT2D eigenvalue weighted by Crippen LogP contribution is 2.24. The number of carbonyl (C=O) groups excluding carboxylic acids is 1. The zero-order valence-electron chi connectivity index (χ0n) is 8.30. The molecular weight excluding hydrogens is 198 g/mol. The van der Waals surface area contributed by atoms with Gasteiger partial charge >= 0.3 is 0 Å². The van der Waals surface area contributed by atoms with Crippen LogP contribution in [0.5, 0.6) is 11.5 Å². The summed E-state index contributed by atoms with van der Waals surface area (Å²) in [5.74, 6) is 0.133. The number of nitrogens with zero attached hydrogens (tertiary/aromatic N) is 3. The second kappa shape index (κ2) is 4.88. The van der Waals surface area contributed by atoms with Crippen LogP contribution in [0.2, 0.25) is 0 Å². The third kappa shape index (κ3) is 2.38. The first-order valence-electron chi connectivity index (χ1n) is 4.04. The Balaban J connectivity index is 3.22. The fourth-order valence-electron chi connectivity index (χ4n) is 1.08. The second-order valence-corrected chi connectivity index (χ2v) is 2.56. The molecule has 6 heteroatoms. The molecule has 1 rings (SSSR count). The van der Waals surface area contributed by atoms with Crippen LogP contribution in [0.25, 0.3) is 10.4 Å². The van der Waals surface area contributed by atoms with Crippen molar-refractivity contribution in [2.45, 2.75) is 0 Å². The van der Waals surface area contributed by atoms with Gasteiger partial charge in [0.2, 0.25) is 0 Å². The molecule has 0 bridgehead atoms. The Morgan fingerprint density at radius 2 is 2.13 bits per heavy atom. The molecule has 0 aliphatic rings. The highest BCUT2D eigenvalue weighted by atomic mass is 16.5. The maximum Gasteiger partial charge on any atom is 0.253 e. The molecule has 0 aromatic heterocycles. The lowest BCUT2D eigenvalue weighted by molar-refractivity contribution is 0.0997. The van der Waals surface area contributed by atoms with Crippen molar-refractivity contribution in [2.75, 3.05) is 14.2 Å². The molecule has 0 radical (unpaired) electrons. The van der Waals surface area contributed by atoms with E-state index in [1.165, 1.54) is 20.3 Å². The summed E-state index contributed by atoms with van der Waals surface area (Å²) in [5.41, 5.74) is 8.33. The fourth-order valence-corrected chi connectivity index (χ4v) is 1.08. The largest absolute Gasteiger partial charge is 0.497 e. The summed E-state index contributed by atoms with van der Waals surface area (Å²) in [6, 6.07) is 4.67. The molecule has 78 valence electrons. The van der Waals surface area contributed by atoms with Crippen LogP contribution < -0.4 is 9.47 Å². The molecule has 15 heavy (non-hydrogen) atoms. The van der Waals surface area contributed by atoms with Crippen LogP contribution in [-0.2, 0) is 0 Å². The van der Waals surface area contributed by atoms with Gasteiger partial charge in [-0.05, 0) is 28.8 Å². The van der Waals surface area contributed by atoms with Gasteiger partial charge in [0, 0.05) is 4.91 Å². The number of amides is 1. The molecule has 1 aromatic rings. The lowest BCUT2D eigenvalue weighted by Crippen LogP contribution is -1.99. The van der Waals surface area contributed by atoms with Gasteiger partial charge in [-0.3, -0.25) is 4.79 Å². The van der Waals surface area contributed by atoms with E-state index in [1.54, 1.807) is 12.1 Å². The summed E-state index contributed by atoms with van der Waals surface area (Å²) in [4.78, 5) is 13.8. The Kier molecular flexibility index (Phi) is 3.54. The van der Waals surface area contributed by atoms with Gasteiger partial charge in [-0.25, -0.2) is 0 Å². The first-order chi connectivity index (χ1) is 7.22. The van der Waals surface area contributed by atoms with Crippen LogP contribution in [0.1, 0.15) is 10.4 Å². The number of rotatable bonds is 3. The first kappa shape index (κ1) is 10.9. The molecule has 0 unspecified atom stereocenters. The SMILES string of the molecule is COc1ccc(OC)c(C(=O)N=[N+]=[N-])c1. The topological polar surface area (TPSA) is 84.3 Å². The van der Waals surface area contributed by atoms with E-state index in [4.69, 9.17) is 15.0 Å².